The smallest absolute Gasteiger partial charge is 0.175 e. The van der Waals surface area contributed by atoms with Gasteiger partial charge in [0.15, 0.2) is 5.79 Å². The van der Waals surface area contributed by atoms with Gasteiger partial charge in [0.25, 0.3) is 0 Å². The molecule has 2 fully saturated rings. The largest absolute Gasteiger partial charge is 0.389 e. The minimum atomic E-state index is -0.486. The lowest BCUT2D eigenvalue weighted by molar-refractivity contribution is -0.244. The van der Waals surface area contributed by atoms with Gasteiger partial charge in [0.2, 0.25) is 0 Å². The summed E-state index contributed by atoms with van der Waals surface area (Å²) in [7, 11) is 0. The summed E-state index contributed by atoms with van der Waals surface area (Å²) in [6, 6.07) is 0. The Hall–Kier alpha value is -0.900. The molecule has 4 aliphatic rings. The van der Waals surface area contributed by atoms with Crippen molar-refractivity contribution in [2.75, 3.05) is 13.2 Å². The van der Waals surface area contributed by atoms with Crippen molar-refractivity contribution >= 4 is 0 Å². The summed E-state index contributed by atoms with van der Waals surface area (Å²) >= 11 is 0. The number of ether oxygens (including phenoxy) is 2. The zero-order valence-corrected chi connectivity index (χ0v) is 12.2. The van der Waals surface area contributed by atoms with Crippen LogP contribution in [0.3, 0.4) is 0 Å². The topological polar surface area (TPSA) is 38.7 Å². The first-order valence-corrected chi connectivity index (χ1v) is 7.46. The number of aliphatic hydroxyl groups is 1. The average Bonchev–Trinajstić information content (AvgIpc) is 2.86. The zero-order chi connectivity index (χ0) is 14.4. The molecule has 1 N–H and O–H groups in total. The number of hydrogen-bond acceptors (Lipinski definition) is 3. The molecule has 1 aliphatic heterocycles. The molecular formula is C17H24O3. The van der Waals surface area contributed by atoms with E-state index >= 15 is 0 Å². The van der Waals surface area contributed by atoms with E-state index in [1.807, 2.05) is 6.08 Å². The minimum Gasteiger partial charge on any atom is -0.389 e. The van der Waals surface area contributed by atoms with Crippen LogP contribution in [-0.4, -0.2) is 30.2 Å². The highest BCUT2D eigenvalue weighted by molar-refractivity contribution is 5.28. The summed E-state index contributed by atoms with van der Waals surface area (Å²) in [5, 5.41) is 10.4. The maximum Gasteiger partial charge on any atom is 0.175 e. The molecule has 0 amide bonds. The molecule has 1 spiro atoms. The van der Waals surface area contributed by atoms with E-state index in [0.29, 0.717) is 13.2 Å². The lowest BCUT2D eigenvalue weighted by Crippen LogP contribution is -2.58. The van der Waals surface area contributed by atoms with Crippen molar-refractivity contribution in [2.45, 2.75) is 38.1 Å². The highest BCUT2D eigenvalue weighted by Crippen LogP contribution is 2.61. The summed E-state index contributed by atoms with van der Waals surface area (Å²) in [4.78, 5) is 0. The van der Waals surface area contributed by atoms with E-state index in [2.05, 4.69) is 26.2 Å². The third-order valence-electron chi connectivity index (χ3n) is 5.35. The first-order valence-electron chi connectivity index (χ1n) is 7.46. The fourth-order valence-electron chi connectivity index (χ4n) is 4.59. The molecular weight excluding hydrogens is 252 g/mol. The Morgan fingerprint density at radius 3 is 2.75 bits per heavy atom. The molecule has 0 aromatic rings. The van der Waals surface area contributed by atoms with Crippen LogP contribution in [0.2, 0.25) is 0 Å². The summed E-state index contributed by atoms with van der Waals surface area (Å²) < 4.78 is 12.0. The normalized spacial score (nSPS) is 39.6. The Morgan fingerprint density at radius 1 is 1.45 bits per heavy atom. The van der Waals surface area contributed by atoms with Gasteiger partial charge in [-0.2, -0.15) is 0 Å². The van der Waals surface area contributed by atoms with Gasteiger partial charge in [-0.25, -0.2) is 0 Å². The van der Waals surface area contributed by atoms with Crippen molar-refractivity contribution in [3.05, 3.63) is 37.0 Å². The molecule has 3 heteroatoms. The molecule has 1 saturated heterocycles. The van der Waals surface area contributed by atoms with Crippen molar-refractivity contribution in [3.8, 4) is 0 Å². The van der Waals surface area contributed by atoms with Crippen molar-refractivity contribution in [1.29, 1.82) is 0 Å². The number of fused-ring (bicyclic) bond motifs is 1. The predicted octanol–water partition coefficient (Wildman–Crippen LogP) is 2.83. The first kappa shape index (κ1) is 14.1. The highest BCUT2D eigenvalue weighted by Gasteiger charge is 2.61. The maximum atomic E-state index is 10.4. The molecule has 3 nitrogen and oxygen atoms in total. The maximum absolute atomic E-state index is 10.4. The van der Waals surface area contributed by atoms with Gasteiger partial charge in [0.05, 0.1) is 19.3 Å². The monoisotopic (exact) mass is 276 g/mol. The van der Waals surface area contributed by atoms with Gasteiger partial charge in [0.1, 0.15) is 0 Å². The molecule has 0 aromatic carbocycles. The van der Waals surface area contributed by atoms with E-state index in [9.17, 15) is 5.11 Å². The van der Waals surface area contributed by atoms with Crippen LogP contribution in [0, 0.1) is 17.3 Å². The van der Waals surface area contributed by atoms with Gasteiger partial charge >= 0.3 is 0 Å². The zero-order valence-electron chi connectivity index (χ0n) is 12.2. The minimum absolute atomic E-state index is 0.126. The highest BCUT2D eigenvalue weighted by atomic mass is 16.7. The lowest BCUT2D eigenvalue weighted by atomic mass is 9.52. The van der Waals surface area contributed by atoms with Gasteiger partial charge in [-0.1, -0.05) is 23.8 Å². The van der Waals surface area contributed by atoms with Crippen LogP contribution in [0.1, 0.15) is 26.2 Å². The Kier molecular flexibility index (Phi) is 3.39. The quantitative estimate of drug-likeness (QED) is 0.802. The Balaban J connectivity index is 2.03. The molecule has 4 atom stereocenters. The molecule has 20 heavy (non-hydrogen) atoms. The average molecular weight is 276 g/mol. The van der Waals surface area contributed by atoms with Crippen LogP contribution in [0.15, 0.2) is 37.0 Å². The Labute approximate surface area is 121 Å². The standard InChI is InChI=1S/C17H24O3/c1-4-6-16-10-12(3)13(9-14(16)15(18)5-2)17(11-16)19-7-8-20-17/h4-5,10,13-15,18H,1-2,6-9,11H2,3H3/t13?,14-,15+,16-/m1/s1. The van der Waals surface area contributed by atoms with Gasteiger partial charge in [-0.05, 0) is 25.7 Å². The summed E-state index contributed by atoms with van der Waals surface area (Å²) in [6.45, 7) is 11.2. The van der Waals surface area contributed by atoms with Crippen LogP contribution >= 0.6 is 0 Å². The molecule has 0 radical (unpaired) electrons. The first-order chi connectivity index (χ1) is 9.57. The van der Waals surface area contributed by atoms with Gasteiger partial charge in [-0.3, -0.25) is 0 Å². The van der Waals surface area contributed by atoms with E-state index < -0.39 is 11.9 Å². The van der Waals surface area contributed by atoms with Crippen molar-refractivity contribution in [3.63, 3.8) is 0 Å². The SMILES string of the molecule is C=CC[C@]12C=C(C)C(C[C@@H]1[C@@H](O)C=C)C1(C2)OCCO1. The molecule has 0 aromatic heterocycles. The molecule has 1 heterocycles. The van der Waals surface area contributed by atoms with Gasteiger partial charge in [0, 0.05) is 17.8 Å². The summed E-state index contributed by atoms with van der Waals surface area (Å²) in [5.74, 6) is -0.0550. The second-order valence-electron chi connectivity index (χ2n) is 6.42. The van der Waals surface area contributed by atoms with Crippen molar-refractivity contribution in [1.82, 2.24) is 0 Å². The summed E-state index contributed by atoms with van der Waals surface area (Å²) in [6.07, 6.45) is 7.98. The van der Waals surface area contributed by atoms with Crippen LogP contribution in [0.5, 0.6) is 0 Å². The van der Waals surface area contributed by atoms with Crippen molar-refractivity contribution < 1.29 is 14.6 Å². The van der Waals surface area contributed by atoms with Crippen LogP contribution in [0.25, 0.3) is 0 Å². The molecule has 2 bridgehead atoms. The third kappa shape index (κ3) is 1.84. The summed E-state index contributed by atoms with van der Waals surface area (Å²) in [5.41, 5.74) is 1.20. The molecule has 1 unspecified atom stereocenters. The van der Waals surface area contributed by atoms with Gasteiger partial charge in [-0.15, -0.1) is 13.2 Å². The van der Waals surface area contributed by atoms with Gasteiger partial charge < -0.3 is 14.6 Å². The van der Waals surface area contributed by atoms with E-state index in [4.69, 9.17) is 9.47 Å². The number of allylic oxidation sites excluding steroid dienone is 2. The molecule has 110 valence electrons. The molecule has 4 rings (SSSR count). The number of aliphatic hydroxyl groups excluding tert-OH is 1. The number of rotatable bonds is 4. The van der Waals surface area contributed by atoms with E-state index in [1.165, 1.54) is 5.57 Å². The van der Waals surface area contributed by atoms with Crippen LogP contribution < -0.4 is 0 Å². The second kappa shape index (κ2) is 4.83. The van der Waals surface area contributed by atoms with E-state index in [-0.39, 0.29) is 17.3 Å². The second-order valence-corrected chi connectivity index (χ2v) is 6.42. The van der Waals surface area contributed by atoms with Crippen LogP contribution in [0.4, 0.5) is 0 Å². The van der Waals surface area contributed by atoms with E-state index in [1.54, 1.807) is 6.08 Å². The Bertz CT molecular complexity index is 447. The Morgan fingerprint density at radius 2 is 2.15 bits per heavy atom. The fourth-order valence-corrected chi connectivity index (χ4v) is 4.59. The lowest BCUT2D eigenvalue weighted by Gasteiger charge is -2.57. The molecule has 1 saturated carbocycles. The van der Waals surface area contributed by atoms with Crippen LogP contribution in [-0.2, 0) is 9.47 Å². The third-order valence-corrected chi connectivity index (χ3v) is 5.35. The van der Waals surface area contributed by atoms with E-state index in [0.717, 1.165) is 19.3 Å². The molecule has 3 aliphatic carbocycles. The fraction of sp³-hybridized carbons (Fsp3) is 0.647. The van der Waals surface area contributed by atoms with Crippen molar-refractivity contribution in [2.24, 2.45) is 17.3 Å². The number of hydrogen-bond donors (Lipinski definition) is 1. The predicted molar refractivity (Wildman–Crippen MR) is 78.1 cm³/mol.